The third-order valence-corrected chi connectivity index (χ3v) is 11.9. The van der Waals surface area contributed by atoms with Gasteiger partial charge in [-0.15, -0.1) is 0 Å². The molecule has 302 valence electrons. The molecular formula is C60H47N3. The van der Waals surface area contributed by atoms with Crippen molar-refractivity contribution in [1.82, 2.24) is 0 Å². The summed E-state index contributed by atoms with van der Waals surface area (Å²) in [4.78, 5) is 4.61. The first kappa shape index (κ1) is 39.0. The van der Waals surface area contributed by atoms with Crippen LogP contribution in [0.15, 0.2) is 237 Å². The van der Waals surface area contributed by atoms with Crippen LogP contribution in [0.25, 0.3) is 55.3 Å². The van der Waals surface area contributed by atoms with Crippen molar-refractivity contribution in [2.45, 2.75) is 13.8 Å². The Morgan fingerprint density at radius 3 is 1.13 bits per heavy atom. The van der Waals surface area contributed by atoms with Gasteiger partial charge in [0.15, 0.2) is 0 Å². The van der Waals surface area contributed by atoms with Crippen molar-refractivity contribution in [3.63, 3.8) is 0 Å². The minimum absolute atomic E-state index is 0.786. The van der Waals surface area contributed by atoms with E-state index in [-0.39, 0.29) is 0 Å². The maximum atomic E-state index is 7.13. The van der Waals surface area contributed by atoms with Gasteiger partial charge in [0.2, 0.25) is 0 Å². The minimum Gasteiger partial charge on any atom is -0.398 e. The molecule has 0 saturated carbocycles. The van der Waals surface area contributed by atoms with E-state index in [9.17, 15) is 0 Å². The fourth-order valence-corrected chi connectivity index (χ4v) is 8.77. The number of nitrogens with zero attached hydrogens (tertiary/aromatic N) is 2. The lowest BCUT2D eigenvalue weighted by molar-refractivity contribution is 1.27. The monoisotopic (exact) mass is 809 g/mol. The summed E-state index contributed by atoms with van der Waals surface area (Å²) in [5.41, 5.74) is 26.1. The number of anilines is 7. The van der Waals surface area contributed by atoms with Gasteiger partial charge in [0, 0.05) is 50.8 Å². The highest BCUT2D eigenvalue weighted by Crippen LogP contribution is 2.43. The average molecular weight is 810 g/mol. The summed E-state index contributed by atoms with van der Waals surface area (Å²) in [6.45, 7) is 4.27. The van der Waals surface area contributed by atoms with Crippen molar-refractivity contribution in [2.75, 3.05) is 15.5 Å². The van der Waals surface area contributed by atoms with Crippen LogP contribution in [0.5, 0.6) is 0 Å². The zero-order valence-corrected chi connectivity index (χ0v) is 35.5. The quantitative estimate of drug-likeness (QED) is 0.140. The van der Waals surface area contributed by atoms with E-state index in [1.807, 2.05) is 0 Å². The van der Waals surface area contributed by atoms with Gasteiger partial charge in [-0.2, -0.15) is 0 Å². The average Bonchev–Trinajstić information content (AvgIpc) is 3.33. The first-order valence-electron chi connectivity index (χ1n) is 21.5. The first-order chi connectivity index (χ1) is 31.0. The van der Waals surface area contributed by atoms with Crippen molar-refractivity contribution in [1.29, 1.82) is 0 Å². The minimum atomic E-state index is 0.786. The number of rotatable bonds is 10. The molecule has 3 heteroatoms. The fourth-order valence-electron chi connectivity index (χ4n) is 8.77. The first-order valence-corrected chi connectivity index (χ1v) is 21.5. The summed E-state index contributed by atoms with van der Waals surface area (Å²) in [7, 11) is 0. The number of para-hydroxylation sites is 2. The van der Waals surface area contributed by atoms with Gasteiger partial charge in [-0.1, -0.05) is 158 Å². The molecule has 0 aromatic heterocycles. The fraction of sp³-hybridized carbons (Fsp3) is 0.0333. The van der Waals surface area contributed by atoms with Crippen molar-refractivity contribution >= 4 is 50.6 Å². The highest BCUT2D eigenvalue weighted by molar-refractivity contribution is 6.07. The molecule has 2 N–H and O–H groups in total. The number of nitrogen functional groups attached to an aromatic ring is 1. The van der Waals surface area contributed by atoms with Crippen LogP contribution in [0.3, 0.4) is 0 Å². The van der Waals surface area contributed by atoms with Gasteiger partial charge in [0.25, 0.3) is 0 Å². The maximum Gasteiger partial charge on any atom is 0.0479 e. The molecule has 0 amide bonds. The van der Waals surface area contributed by atoms with E-state index in [1.165, 1.54) is 11.1 Å². The third-order valence-electron chi connectivity index (χ3n) is 11.9. The Bertz CT molecular complexity index is 3160. The van der Waals surface area contributed by atoms with E-state index in [0.29, 0.717) is 0 Å². The second-order valence-electron chi connectivity index (χ2n) is 16.2. The number of benzene rings is 10. The molecule has 0 fully saturated rings. The third kappa shape index (κ3) is 7.96. The summed E-state index contributed by atoms with van der Waals surface area (Å²) >= 11 is 0. The summed E-state index contributed by atoms with van der Waals surface area (Å²) in [6.07, 6.45) is 0. The van der Waals surface area contributed by atoms with Crippen molar-refractivity contribution in [2.24, 2.45) is 0 Å². The molecule has 10 aromatic rings. The van der Waals surface area contributed by atoms with Gasteiger partial charge < -0.3 is 15.5 Å². The van der Waals surface area contributed by atoms with Gasteiger partial charge in [0.05, 0.1) is 0 Å². The normalized spacial score (nSPS) is 11.1. The Hall–Kier alpha value is -8.14. The molecular weight excluding hydrogens is 763 g/mol. The molecule has 0 bridgehead atoms. The van der Waals surface area contributed by atoms with Gasteiger partial charge >= 0.3 is 0 Å². The van der Waals surface area contributed by atoms with E-state index in [2.05, 4.69) is 260 Å². The Labute approximate surface area is 370 Å². The molecule has 0 heterocycles. The van der Waals surface area contributed by atoms with Crippen LogP contribution in [0, 0.1) is 13.8 Å². The zero-order valence-electron chi connectivity index (χ0n) is 35.5. The molecule has 63 heavy (non-hydrogen) atoms. The van der Waals surface area contributed by atoms with Gasteiger partial charge in [-0.05, 0) is 148 Å². The highest BCUT2D eigenvalue weighted by Gasteiger charge is 2.18. The molecule has 0 atom stereocenters. The predicted molar refractivity (Wildman–Crippen MR) is 269 cm³/mol. The Balaban J connectivity index is 0.951. The van der Waals surface area contributed by atoms with E-state index in [4.69, 9.17) is 5.73 Å². The van der Waals surface area contributed by atoms with E-state index in [1.54, 1.807) is 0 Å². The smallest absolute Gasteiger partial charge is 0.0479 e. The van der Waals surface area contributed by atoms with Crippen LogP contribution in [0.4, 0.5) is 39.8 Å². The summed E-state index contributed by atoms with van der Waals surface area (Å²) in [5, 5.41) is 2.18. The topological polar surface area (TPSA) is 32.5 Å². The molecule has 0 spiro atoms. The van der Waals surface area contributed by atoms with Gasteiger partial charge in [-0.3, -0.25) is 0 Å². The molecule has 0 unspecified atom stereocenters. The summed E-state index contributed by atoms with van der Waals surface area (Å²) in [6, 6.07) is 84.5. The molecule has 0 saturated heterocycles. The Morgan fingerprint density at radius 2 is 0.667 bits per heavy atom. The number of fused-ring (bicyclic) bond motifs is 1. The molecule has 10 rings (SSSR count). The van der Waals surface area contributed by atoms with E-state index < -0.39 is 0 Å². The second kappa shape index (κ2) is 17.1. The lowest BCUT2D eigenvalue weighted by atomic mass is 9.88. The van der Waals surface area contributed by atoms with E-state index in [0.717, 1.165) is 95.1 Å². The van der Waals surface area contributed by atoms with Gasteiger partial charge in [0.1, 0.15) is 0 Å². The molecule has 3 nitrogen and oxygen atoms in total. The lowest BCUT2D eigenvalue weighted by Crippen LogP contribution is -2.09. The Kier molecular flexibility index (Phi) is 10.6. The predicted octanol–water partition coefficient (Wildman–Crippen LogP) is 16.6. The number of nitrogens with two attached hydrogens (primary N) is 1. The summed E-state index contributed by atoms with van der Waals surface area (Å²) in [5.74, 6) is 0. The number of hydrogen-bond donors (Lipinski definition) is 1. The molecule has 0 aliphatic heterocycles. The zero-order chi connectivity index (χ0) is 42.7. The largest absolute Gasteiger partial charge is 0.398 e. The van der Waals surface area contributed by atoms with Crippen LogP contribution in [-0.4, -0.2) is 0 Å². The molecule has 0 radical (unpaired) electrons. The summed E-state index contributed by atoms with van der Waals surface area (Å²) < 4.78 is 0. The standard InChI is InChI=1S/C60H47N3/c1-42-13-11-20-55(39-42)62(51-16-5-3-6-17-51)53-35-31-46(32-36-53)44-23-27-48(28-24-44)58-41-50-15-9-10-22-57(50)60(61)59(58)49-29-25-45(26-30-49)47-33-37-54(38-34-47)63(52-18-7-4-8-19-52)56-21-12-14-43(2)40-56/h3-41H,61H2,1-2H3. The van der Waals surface area contributed by atoms with Crippen molar-refractivity contribution in [3.8, 4) is 44.5 Å². The second-order valence-corrected chi connectivity index (χ2v) is 16.2. The highest BCUT2D eigenvalue weighted by atomic mass is 15.1. The van der Waals surface area contributed by atoms with Crippen molar-refractivity contribution < 1.29 is 0 Å². The molecule has 0 aliphatic carbocycles. The molecule has 0 aliphatic rings. The van der Waals surface area contributed by atoms with Crippen LogP contribution in [-0.2, 0) is 0 Å². The van der Waals surface area contributed by atoms with Crippen molar-refractivity contribution in [3.05, 3.63) is 248 Å². The van der Waals surface area contributed by atoms with Crippen LogP contribution in [0.1, 0.15) is 11.1 Å². The van der Waals surface area contributed by atoms with Gasteiger partial charge in [-0.25, -0.2) is 0 Å². The van der Waals surface area contributed by atoms with E-state index >= 15 is 0 Å². The SMILES string of the molecule is Cc1cccc(N(c2ccccc2)c2ccc(-c3ccc(-c4cc5ccccc5c(N)c4-c4ccc(-c5ccc(N(c6ccccc6)c6cccc(C)c6)cc5)cc4)cc3)cc2)c1. The van der Waals surface area contributed by atoms with Crippen LogP contribution >= 0.6 is 0 Å². The number of aryl methyl sites for hydroxylation is 2. The van der Waals surface area contributed by atoms with Crippen LogP contribution in [0.2, 0.25) is 0 Å². The number of hydrogen-bond acceptors (Lipinski definition) is 3. The van der Waals surface area contributed by atoms with Crippen LogP contribution < -0.4 is 15.5 Å². The molecule has 10 aromatic carbocycles. The lowest BCUT2D eigenvalue weighted by Gasteiger charge is -2.26. The maximum absolute atomic E-state index is 7.13. The Morgan fingerprint density at radius 1 is 0.302 bits per heavy atom.